The number of nitrogens with two attached hydrogens (primary N) is 1. The molecular formula is C38H39F4N7O9S2. The Morgan fingerprint density at radius 2 is 1.05 bits per heavy atom. The second-order valence-electron chi connectivity index (χ2n) is 13.4. The number of pyridine rings is 2. The third-order valence-corrected chi connectivity index (χ3v) is 12.6. The van der Waals surface area contributed by atoms with Crippen LogP contribution in [-0.4, -0.2) is 123 Å². The molecule has 6 rings (SSSR count). The van der Waals surface area contributed by atoms with E-state index in [0.29, 0.717) is 0 Å². The van der Waals surface area contributed by atoms with Crippen LogP contribution in [0.25, 0.3) is 0 Å². The van der Waals surface area contributed by atoms with Gasteiger partial charge in [-0.2, -0.15) is 0 Å². The minimum absolute atomic E-state index is 0.00865. The van der Waals surface area contributed by atoms with Gasteiger partial charge in [-0.05, 0) is 42.5 Å². The molecular weight excluding hydrogens is 839 g/mol. The molecule has 2 N–H and O–H groups in total. The number of hydrogen-bond donors (Lipinski definition) is 1. The third-order valence-electron chi connectivity index (χ3n) is 9.36. The van der Waals surface area contributed by atoms with Crippen LogP contribution in [0.2, 0.25) is 0 Å². The predicted molar refractivity (Wildman–Crippen MR) is 210 cm³/mol. The van der Waals surface area contributed by atoms with Crippen molar-refractivity contribution in [2.24, 2.45) is 5.73 Å². The molecule has 0 aliphatic carbocycles. The monoisotopic (exact) mass is 877 g/mol. The molecule has 2 aromatic heterocycles. The van der Waals surface area contributed by atoms with Gasteiger partial charge in [0, 0.05) is 42.9 Å². The van der Waals surface area contributed by atoms with E-state index in [0.717, 1.165) is 46.5 Å². The van der Waals surface area contributed by atoms with Gasteiger partial charge in [0.25, 0.3) is 0 Å². The van der Waals surface area contributed by atoms with Gasteiger partial charge in [0.2, 0.25) is 0 Å². The Morgan fingerprint density at radius 1 is 0.650 bits per heavy atom. The third kappa shape index (κ3) is 11.6. The maximum atomic E-state index is 14.6. The van der Waals surface area contributed by atoms with Crippen molar-refractivity contribution in [1.29, 1.82) is 0 Å². The van der Waals surface area contributed by atoms with E-state index in [-0.39, 0.29) is 103 Å². The predicted octanol–water partition coefficient (Wildman–Crippen LogP) is 3.36. The molecule has 2 aliphatic heterocycles. The van der Waals surface area contributed by atoms with Crippen LogP contribution >= 0.6 is 0 Å². The van der Waals surface area contributed by atoms with Crippen LogP contribution in [0.3, 0.4) is 0 Å². The summed E-state index contributed by atoms with van der Waals surface area (Å²) >= 11 is 0. The number of carbonyl (C=O) groups excluding carboxylic acids is 4. The van der Waals surface area contributed by atoms with E-state index in [9.17, 15) is 53.6 Å². The molecule has 4 amide bonds. The first kappa shape index (κ1) is 45.1. The average Bonchev–Trinajstić information content (AvgIpc) is 3.22. The fourth-order valence-electron chi connectivity index (χ4n) is 5.93. The first-order valence-electron chi connectivity index (χ1n) is 18.1. The molecule has 4 heterocycles. The number of ketones is 1. The van der Waals surface area contributed by atoms with E-state index < -0.39 is 66.8 Å². The van der Waals surface area contributed by atoms with E-state index >= 15 is 0 Å². The minimum Gasteiger partial charge on any atom is -0.465 e. The number of urea groups is 2. The topological polar surface area (TPSA) is 211 Å². The zero-order valence-corrected chi connectivity index (χ0v) is 33.6. The molecule has 4 aromatic rings. The summed E-state index contributed by atoms with van der Waals surface area (Å²) in [5.41, 5.74) is 5.61. The number of hydrogen-bond acceptors (Lipinski definition) is 12. The standard InChI is InChI=1S/C19H20F2N4O4S.C19H19F2N3O5S/c20-15-3-4-18(23-11-15)25(19(27)24-5-7-30(28,29)8-6-24)12-14-2-1-13(9-16(14)21)17(26)10-22;1-29-18(25)13-2-3-14(16(21)10-13)12-24(17-5-4-15(20)11-22-17)19(26)23-6-8-30(27,28)9-7-23/h1-4,9,11H,5-8,10,12,22H2;2-5,10-11H,6-9,12H2,1H3. The van der Waals surface area contributed by atoms with Crippen LogP contribution in [-0.2, 0) is 37.5 Å². The molecule has 2 saturated heterocycles. The van der Waals surface area contributed by atoms with Crippen molar-refractivity contribution in [1.82, 2.24) is 19.8 Å². The molecule has 0 radical (unpaired) electrons. The molecule has 2 fully saturated rings. The molecule has 16 nitrogen and oxygen atoms in total. The SMILES string of the molecule is COC(=O)c1ccc(CN(C(=O)N2CCS(=O)(=O)CC2)c2ccc(F)cn2)c(F)c1.NCC(=O)c1ccc(CN(C(=O)N2CCS(=O)(=O)CC2)c2ccc(F)cn2)c(F)c1. The molecule has 22 heteroatoms. The van der Waals surface area contributed by atoms with Gasteiger partial charge in [0.15, 0.2) is 25.5 Å². The Balaban J connectivity index is 0.000000228. The van der Waals surface area contributed by atoms with Crippen molar-refractivity contribution >= 4 is 55.1 Å². The Bertz CT molecular complexity index is 2260. The highest BCUT2D eigenvalue weighted by atomic mass is 32.2. The lowest BCUT2D eigenvalue weighted by Gasteiger charge is -2.32. The van der Waals surface area contributed by atoms with Crippen molar-refractivity contribution in [3.05, 3.63) is 119 Å². The highest BCUT2D eigenvalue weighted by Crippen LogP contribution is 2.23. The van der Waals surface area contributed by atoms with Gasteiger partial charge in [-0.1, -0.05) is 18.2 Å². The van der Waals surface area contributed by atoms with Crippen LogP contribution in [0, 0.1) is 23.3 Å². The number of aromatic nitrogens is 2. The van der Waals surface area contributed by atoms with Crippen molar-refractivity contribution in [2.45, 2.75) is 13.1 Å². The van der Waals surface area contributed by atoms with Crippen molar-refractivity contribution in [3.63, 3.8) is 0 Å². The number of anilines is 2. The molecule has 0 spiro atoms. The molecule has 2 aromatic carbocycles. The fourth-order valence-corrected chi connectivity index (χ4v) is 8.33. The van der Waals surface area contributed by atoms with Gasteiger partial charge in [0.1, 0.15) is 34.9 Å². The maximum Gasteiger partial charge on any atom is 0.337 e. The van der Waals surface area contributed by atoms with Crippen molar-refractivity contribution < 1.29 is 58.3 Å². The first-order valence-corrected chi connectivity index (χ1v) is 21.7. The summed E-state index contributed by atoms with van der Waals surface area (Å²) < 4.78 is 107. The Hall–Kier alpha value is -6.00. The number of halogens is 4. The lowest BCUT2D eigenvalue weighted by Crippen LogP contribution is -2.50. The molecule has 2 aliphatic rings. The zero-order valence-electron chi connectivity index (χ0n) is 32.0. The highest BCUT2D eigenvalue weighted by Gasteiger charge is 2.32. The van der Waals surface area contributed by atoms with E-state index in [4.69, 9.17) is 5.73 Å². The van der Waals surface area contributed by atoms with Crippen LogP contribution in [0.5, 0.6) is 0 Å². The summed E-state index contributed by atoms with van der Waals surface area (Å²) in [6.45, 7) is -0.805. The number of rotatable bonds is 9. The van der Waals surface area contributed by atoms with E-state index in [2.05, 4.69) is 14.7 Å². The molecule has 0 unspecified atom stereocenters. The number of sulfone groups is 2. The van der Waals surface area contributed by atoms with E-state index in [1.54, 1.807) is 0 Å². The number of benzene rings is 2. The molecule has 0 atom stereocenters. The Morgan fingerprint density at radius 3 is 1.40 bits per heavy atom. The van der Waals surface area contributed by atoms with Crippen LogP contribution in [0.15, 0.2) is 73.1 Å². The Labute approximate surface area is 342 Å². The van der Waals surface area contributed by atoms with Crippen molar-refractivity contribution in [2.75, 3.05) is 72.6 Å². The summed E-state index contributed by atoms with van der Waals surface area (Å²) in [6, 6.07) is 11.1. The average molecular weight is 878 g/mol. The number of methoxy groups -OCH3 is 1. The van der Waals surface area contributed by atoms with Crippen molar-refractivity contribution in [3.8, 4) is 0 Å². The minimum atomic E-state index is -3.21. The lowest BCUT2D eigenvalue weighted by molar-refractivity contribution is 0.0599. The number of esters is 1. The van der Waals surface area contributed by atoms with Gasteiger partial charge in [-0.3, -0.25) is 14.6 Å². The maximum absolute atomic E-state index is 14.6. The quantitative estimate of drug-likeness (QED) is 0.146. The Kier molecular flexibility index (Phi) is 14.6. The molecule has 60 heavy (non-hydrogen) atoms. The number of amides is 4. The van der Waals surface area contributed by atoms with Crippen LogP contribution < -0.4 is 15.5 Å². The summed E-state index contributed by atoms with van der Waals surface area (Å²) in [5.74, 6) is -4.34. The van der Waals surface area contributed by atoms with Gasteiger partial charge >= 0.3 is 18.0 Å². The van der Waals surface area contributed by atoms with Gasteiger partial charge in [-0.15, -0.1) is 0 Å². The number of nitrogens with zero attached hydrogens (tertiary/aromatic N) is 6. The second kappa shape index (κ2) is 19.4. The number of ether oxygens (including phenoxy) is 1. The smallest absolute Gasteiger partial charge is 0.337 e. The summed E-state index contributed by atoms with van der Waals surface area (Å²) in [7, 11) is -5.24. The number of Topliss-reactive ketones (excluding diaryl/α,β-unsaturated/α-hetero) is 1. The largest absolute Gasteiger partial charge is 0.465 e. The van der Waals surface area contributed by atoms with Gasteiger partial charge in [-0.25, -0.2) is 58.7 Å². The normalized spacial score (nSPS) is 15.6. The summed E-state index contributed by atoms with van der Waals surface area (Å²) in [4.78, 5) is 62.1. The van der Waals surface area contributed by atoms with Crippen LogP contribution in [0.4, 0.5) is 38.8 Å². The molecule has 0 bridgehead atoms. The lowest BCUT2D eigenvalue weighted by atomic mass is 10.1. The zero-order chi connectivity index (χ0) is 43.8. The molecule has 0 saturated carbocycles. The van der Waals surface area contributed by atoms with Crippen LogP contribution in [0.1, 0.15) is 31.8 Å². The number of carbonyl (C=O) groups is 4. The van der Waals surface area contributed by atoms with E-state index in [1.807, 2.05) is 0 Å². The summed E-state index contributed by atoms with van der Waals surface area (Å²) in [6.07, 6.45) is 1.85. The first-order chi connectivity index (χ1) is 28.4. The second-order valence-corrected chi connectivity index (χ2v) is 18.0. The summed E-state index contributed by atoms with van der Waals surface area (Å²) in [5, 5.41) is 0. The van der Waals surface area contributed by atoms with Gasteiger partial charge < -0.3 is 20.3 Å². The fraction of sp³-hybridized carbons (Fsp3) is 0.316. The van der Waals surface area contributed by atoms with Gasteiger partial charge in [0.05, 0.1) is 67.7 Å². The molecule has 320 valence electrons. The van der Waals surface area contributed by atoms with E-state index in [1.165, 1.54) is 53.3 Å². The highest BCUT2D eigenvalue weighted by molar-refractivity contribution is 7.91.